The molecule has 0 saturated carbocycles. The first-order valence-corrected chi connectivity index (χ1v) is 12.1. The Morgan fingerprint density at radius 3 is 2.48 bits per heavy atom. The molecular formula is C23H29FN2O4S. The standard InChI is InChI=1S/C23H29FN2O4S/c1-18-7-12-21(31(28,29)26-14-4-2-5-15-26)17-22(18)23(27)25-13-3-6-16-30-20-10-8-19(24)9-11-20/h7-12,17H,2-6,13-16H2,1H3,(H,25,27). The molecule has 3 rings (SSSR count). The van der Waals surface area contributed by atoms with E-state index in [9.17, 15) is 17.6 Å². The van der Waals surface area contributed by atoms with E-state index >= 15 is 0 Å². The fourth-order valence-corrected chi connectivity index (χ4v) is 5.05. The smallest absolute Gasteiger partial charge is 0.251 e. The number of unbranched alkanes of at least 4 members (excludes halogenated alkanes) is 1. The van der Waals surface area contributed by atoms with E-state index in [0.717, 1.165) is 31.2 Å². The maximum Gasteiger partial charge on any atom is 0.251 e. The predicted octanol–water partition coefficient (Wildman–Crippen LogP) is 3.90. The molecule has 2 aromatic rings. The zero-order valence-electron chi connectivity index (χ0n) is 17.8. The SMILES string of the molecule is Cc1ccc(S(=O)(=O)N2CCCCC2)cc1C(=O)NCCCCOc1ccc(F)cc1. The van der Waals surface area contributed by atoms with Gasteiger partial charge in [-0.3, -0.25) is 4.79 Å². The molecule has 31 heavy (non-hydrogen) atoms. The molecule has 1 aliphatic rings. The normalized spacial score (nSPS) is 14.9. The fourth-order valence-electron chi connectivity index (χ4n) is 3.51. The van der Waals surface area contributed by atoms with Crippen molar-refractivity contribution < 1.29 is 22.3 Å². The summed E-state index contributed by atoms with van der Waals surface area (Å²) in [5.74, 6) is 0.0126. The number of ether oxygens (including phenoxy) is 1. The Balaban J connectivity index is 1.50. The summed E-state index contributed by atoms with van der Waals surface area (Å²) in [5, 5.41) is 2.85. The highest BCUT2D eigenvalue weighted by Gasteiger charge is 2.27. The molecule has 1 fully saturated rings. The van der Waals surface area contributed by atoms with Crippen LogP contribution in [0.5, 0.6) is 5.75 Å². The summed E-state index contributed by atoms with van der Waals surface area (Å²) in [4.78, 5) is 12.8. The minimum absolute atomic E-state index is 0.165. The molecule has 1 N–H and O–H groups in total. The number of nitrogens with zero attached hydrogens (tertiary/aromatic N) is 1. The van der Waals surface area contributed by atoms with Crippen molar-refractivity contribution in [3.05, 3.63) is 59.4 Å². The zero-order valence-corrected chi connectivity index (χ0v) is 18.6. The van der Waals surface area contributed by atoms with Gasteiger partial charge in [-0.15, -0.1) is 0 Å². The molecule has 1 heterocycles. The molecule has 0 spiro atoms. The minimum atomic E-state index is -3.58. The zero-order chi connectivity index (χ0) is 22.3. The number of halogens is 1. The number of hydrogen-bond acceptors (Lipinski definition) is 4. The highest BCUT2D eigenvalue weighted by Crippen LogP contribution is 2.23. The van der Waals surface area contributed by atoms with Gasteiger partial charge in [0.1, 0.15) is 11.6 Å². The van der Waals surface area contributed by atoms with Gasteiger partial charge >= 0.3 is 0 Å². The molecule has 2 aromatic carbocycles. The number of aryl methyl sites for hydroxylation is 1. The topological polar surface area (TPSA) is 75.7 Å². The van der Waals surface area contributed by atoms with Crippen LogP contribution in [0.3, 0.4) is 0 Å². The van der Waals surface area contributed by atoms with Gasteiger partial charge in [-0.25, -0.2) is 12.8 Å². The third kappa shape index (κ3) is 6.27. The van der Waals surface area contributed by atoms with Crippen LogP contribution >= 0.6 is 0 Å². The van der Waals surface area contributed by atoms with E-state index < -0.39 is 10.0 Å². The molecular weight excluding hydrogens is 419 g/mol. The second kappa shape index (κ2) is 10.7. The monoisotopic (exact) mass is 448 g/mol. The van der Waals surface area contributed by atoms with Crippen LogP contribution in [0.15, 0.2) is 47.4 Å². The Morgan fingerprint density at radius 2 is 1.77 bits per heavy atom. The fraction of sp³-hybridized carbons (Fsp3) is 0.435. The van der Waals surface area contributed by atoms with E-state index in [1.165, 1.54) is 22.5 Å². The van der Waals surface area contributed by atoms with Gasteiger partial charge < -0.3 is 10.1 Å². The van der Waals surface area contributed by atoms with Crippen molar-refractivity contribution in [2.75, 3.05) is 26.2 Å². The molecule has 6 nitrogen and oxygen atoms in total. The average molecular weight is 449 g/mol. The molecule has 0 aliphatic carbocycles. The van der Waals surface area contributed by atoms with Crippen LogP contribution in [0.4, 0.5) is 4.39 Å². The van der Waals surface area contributed by atoms with Gasteiger partial charge in [0.05, 0.1) is 11.5 Å². The van der Waals surface area contributed by atoms with E-state index in [-0.39, 0.29) is 16.6 Å². The highest BCUT2D eigenvalue weighted by molar-refractivity contribution is 7.89. The Bertz CT molecular complexity index is 987. The third-order valence-corrected chi connectivity index (χ3v) is 7.24. The summed E-state index contributed by atoms with van der Waals surface area (Å²) in [6.45, 7) is 3.76. The number of piperidine rings is 1. The van der Waals surface area contributed by atoms with Gasteiger partial charge in [-0.1, -0.05) is 12.5 Å². The lowest BCUT2D eigenvalue weighted by atomic mass is 10.1. The van der Waals surface area contributed by atoms with Crippen molar-refractivity contribution in [2.24, 2.45) is 0 Å². The molecule has 8 heteroatoms. The third-order valence-electron chi connectivity index (χ3n) is 5.35. The van der Waals surface area contributed by atoms with Gasteiger partial charge in [0.2, 0.25) is 10.0 Å². The minimum Gasteiger partial charge on any atom is -0.494 e. The van der Waals surface area contributed by atoms with Crippen LogP contribution in [-0.4, -0.2) is 44.9 Å². The Kier molecular flexibility index (Phi) is 8.03. The number of nitrogens with one attached hydrogen (secondary N) is 1. The number of sulfonamides is 1. The van der Waals surface area contributed by atoms with Crippen molar-refractivity contribution in [3.8, 4) is 5.75 Å². The first-order valence-electron chi connectivity index (χ1n) is 10.7. The molecule has 0 aromatic heterocycles. The molecule has 0 unspecified atom stereocenters. The predicted molar refractivity (Wildman–Crippen MR) is 117 cm³/mol. The average Bonchev–Trinajstić information content (AvgIpc) is 2.78. The lowest BCUT2D eigenvalue weighted by Gasteiger charge is -2.26. The first kappa shape index (κ1) is 23.2. The molecule has 168 valence electrons. The van der Waals surface area contributed by atoms with Crippen LogP contribution in [0.2, 0.25) is 0 Å². The van der Waals surface area contributed by atoms with E-state index in [1.54, 1.807) is 31.2 Å². The second-order valence-corrected chi connectivity index (χ2v) is 9.64. The van der Waals surface area contributed by atoms with Crippen LogP contribution in [-0.2, 0) is 10.0 Å². The molecule has 0 atom stereocenters. The summed E-state index contributed by atoms with van der Waals surface area (Å²) in [7, 11) is -3.58. The van der Waals surface area contributed by atoms with Crippen molar-refractivity contribution in [3.63, 3.8) is 0 Å². The van der Waals surface area contributed by atoms with Crippen LogP contribution in [0.1, 0.15) is 48.0 Å². The Labute approximate surface area is 183 Å². The van der Waals surface area contributed by atoms with E-state index in [4.69, 9.17) is 4.74 Å². The van der Waals surface area contributed by atoms with Crippen LogP contribution < -0.4 is 10.1 Å². The van der Waals surface area contributed by atoms with Gasteiger partial charge in [0.15, 0.2) is 0 Å². The number of carbonyl (C=O) groups excluding carboxylic acids is 1. The maximum atomic E-state index is 12.9. The van der Waals surface area contributed by atoms with Crippen molar-refractivity contribution in [1.82, 2.24) is 9.62 Å². The second-order valence-electron chi connectivity index (χ2n) is 7.71. The van der Waals surface area contributed by atoms with Crippen molar-refractivity contribution in [2.45, 2.75) is 43.9 Å². The number of carbonyl (C=O) groups is 1. The Hall–Kier alpha value is -2.45. The van der Waals surface area contributed by atoms with E-state index in [0.29, 0.717) is 44.0 Å². The Morgan fingerprint density at radius 1 is 1.06 bits per heavy atom. The van der Waals surface area contributed by atoms with Crippen LogP contribution in [0.25, 0.3) is 0 Å². The van der Waals surface area contributed by atoms with Gasteiger partial charge in [-0.05, 0) is 74.6 Å². The van der Waals surface area contributed by atoms with Crippen molar-refractivity contribution >= 4 is 15.9 Å². The lowest BCUT2D eigenvalue weighted by Crippen LogP contribution is -2.35. The lowest BCUT2D eigenvalue weighted by molar-refractivity contribution is 0.0951. The quantitative estimate of drug-likeness (QED) is 0.591. The van der Waals surface area contributed by atoms with E-state index in [1.807, 2.05) is 0 Å². The summed E-state index contributed by atoms with van der Waals surface area (Å²) in [6, 6.07) is 10.6. The number of rotatable bonds is 9. The highest BCUT2D eigenvalue weighted by atomic mass is 32.2. The number of benzene rings is 2. The molecule has 1 amide bonds. The molecule has 0 radical (unpaired) electrons. The summed E-state index contributed by atoms with van der Waals surface area (Å²) in [6.07, 6.45) is 4.20. The van der Waals surface area contributed by atoms with E-state index in [2.05, 4.69) is 5.32 Å². The first-order chi connectivity index (χ1) is 14.9. The number of hydrogen-bond donors (Lipinski definition) is 1. The molecule has 1 aliphatic heterocycles. The van der Waals surface area contributed by atoms with Crippen molar-refractivity contribution in [1.29, 1.82) is 0 Å². The summed E-state index contributed by atoms with van der Waals surface area (Å²) < 4.78 is 45.7. The molecule has 1 saturated heterocycles. The molecule has 0 bridgehead atoms. The van der Waals surface area contributed by atoms with Gasteiger partial charge in [0.25, 0.3) is 5.91 Å². The number of amides is 1. The largest absolute Gasteiger partial charge is 0.494 e. The van der Waals surface area contributed by atoms with Crippen LogP contribution in [0, 0.1) is 12.7 Å². The summed E-state index contributed by atoms with van der Waals surface area (Å²) in [5.41, 5.74) is 1.11. The summed E-state index contributed by atoms with van der Waals surface area (Å²) >= 11 is 0. The van der Waals surface area contributed by atoms with Gasteiger partial charge in [-0.2, -0.15) is 4.31 Å². The van der Waals surface area contributed by atoms with Gasteiger partial charge in [0, 0.05) is 25.2 Å². The maximum absolute atomic E-state index is 12.9.